The lowest BCUT2D eigenvalue weighted by molar-refractivity contribution is -0.138. The number of alkyl halides is 3. The van der Waals surface area contributed by atoms with E-state index in [1.54, 1.807) is 48.3 Å². The molecule has 0 spiro atoms. The van der Waals surface area contributed by atoms with E-state index in [4.69, 9.17) is 4.74 Å². The maximum Gasteiger partial charge on any atom is 0.416 e. The average Bonchev–Trinajstić information content (AvgIpc) is 3.49. The largest absolute Gasteiger partial charge is 0.416 e. The molecule has 40 heavy (non-hydrogen) atoms. The standard InChI is InChI=1S/C28H22F3N7O2/c1-37-15-34-36-26(37)19-6-5-16(10-32)7-21(19)18-8-24(33-11-17-13-40-14-17)35-25(9-18)38-12-22-20(27(38)39)3-2-4-23(22)28(29,30)31/h2-9,15,17H,11-14H2,1H3,(H,33,35). The number of ether oxygens (including phenoxy) is 1. The molecular formula is C28H22F3N7O2. The van der Waals surface area contributed by atoms with Crippen LogP contribution in [0.3, 0.4) is 0 Å². The molecule has 6 rings (SSSR count). The van der Waals surface area contributed by atoms with Crippen molar-refractivity contribution in [3.63, 3.8) is 0 Å². The zero-order chi connectivity index (χ0) is 28.0. The van der Waals surface area contributed by atoms with Crippen LogP contribution in [0.1, 0.15) is 27.0 Å². The number of aromatic nitrogens is 4. The summed E-state index contributed by atoms with van der Waals surface area (Å²) in [5.41, 5.74) is 1.40. The van der Waals surface area contributed by atoms with Gasteiger partial charge in [0, 0.05) is 30.6 Å². The molecule has 1 saturated heterocycles. The number of aryl methyl sites for hydroxylation is 1. The molecule has 1 N–H and O–H groups in total. The number of carbonyl (C=O) groups is 1. The van der Waals surface area contributed by atoms with Gasteiger partial charge in [0.2, 0.25) is 0 Å². The second-order valence-corrected chi connectivity index (χ2v) is 9.74. The first-order valence-corrected chi connectivity index (χ1v) is 12.5. The number of benzene rings is 2. The predicted molar refractivity (Wildman–Crippen MR) is 139 cm³/mol. The summed E-state index contributed by atoms with van der Waals surface area (Å²) < 4.78 is 48.2. The Morgan fingerprint density at radius 3 is 2.62 bits per heavy atom. The summed E-state index contributed by atoms with van der Waals surface area (Å²) in [6.45, 7) is 1.52. The molecule has 9 nitrogen and oxygen atoms in total. The molecule has 12 heteroatoms. The number of hydrogen-bond donors (Lipinski definition) is 1. The van der Waals surface area contributed by atoms with Crippen molar-refractivity contribution < 1.29 is 22.7 Å². The third-order valence-electron chi connectivity index (χ3n) is 7.05. The molecule has 2 aromatic heterocycles. The first kappa shape index (κ1) is 25.5. The van der Waals surface area contributed by atoms with Gasteiger partial charge in [0.15, 0.2) is 5.82 Å². The van der Waals surface area contributed by atoms with E-state index in [-0.39, 0.29) is 29.4 Å². The molecule has 0 bridgehead atoms. The highest BCUT2D eigenvalue weighted by Crippen LogP contribution is 2.40. The van der Waals surface area contributed by atoms with Crippen LogP contribution in [-0.2, 0) is 24.5 Å². The van der Waals surface area contributed by atoms with Gasteiger partial charge >= 0.3 is 6.18 Å². The number of nitrogens with zero attached hydrogens (tertiary/aromatic N) is 6. The second kappa shape index (κ2) is 9.77. The fourth-order valence-electron chi connectivity index (χ4n) is 4.91. The molecule has 202 valence electrons. The Labute approximate surface area is 226 Å². The summed E-state index contributed by atoms with van der Waals surface area (Å²) in [6, 6.07) is 14.3. The number of rotatable bonds is 6. The maximum absolute atomic E-state index is 13.7. The summed E-state index contributed by atoms with van der Waals surface area (Å²) in [4.78, 5) is 19.2. The Bertz CT molecular complexity index is 1670. The van der Waals surface area contributed by atoms with Crippen molar-refractivity contribution in [2.24, 2.45) is 13.0 Å². The van der Waals surface area contributed by atoms with Gasteiger partial charge in [-0.2, -0.15) is 18.4 Å². The molecule has 0 atom stereocenters. The highest BCUT2D eigenvalue weighted by molar-refractivity contribution is 6.10. The number of carbonyl (C=O) groups excluding carboxylic acids is 1. The van der Waals surface area contributed by atoms with E-state index in [9.17, 15) is 23.2 Å². The molecule has 1 amide bonds. The fraction of sp³-hybridized carbons (Fsp3) is 0.250. The number of nitriles is 1. The van der Waals surface area contributed by atoms with Crippen LogP contribution in [0.2, 0.25) is 0 Å². The zero-order valence-corrected chi connectivity index (χ0v) is 21.2. The lowest BCUT2D eigenvalue weighted by Gasteiger charge is -2.26. The van der Waals surface area contributed by atoms with Gasteiger partial charge in [0.05, 0.1) is 37.0 Å². The molecule has 2 aromatic carbocycles. The summed E-state index contributed by atoms with van der Waals surface area (Å²) in [7, 11) is 1.79. The van der Waals surface area contributed by atoms with Crippen molar-refractivity contribution in [2.45, 2.75) is 12.7 Å². The third-order valence-corrected chi connectivity index (χ3v) is 7.05. The molecule has 4 aromatic rings. The molecule has 4 heterocycles. The van der Waals surface area contributed by atoms with E-state index in [0.29, 0.717) is 53.7 Å². The molecule has 0 aliphatic carbocycles. The van der Waals surface area contributed by atoms with Gasteiger partial charge in [-0.1, -0.05) is 6.07 Å². The Morgan fingerprint density at radius 1 is 1.12 bits per heavy atom. The van der Waals surface area contributed by atoms with Crippen LogP contribution in [0.4, 0.5) is 24.8 Å². The van der Waals surface area contributed by atoms with Crippen molar-refractivity contribution in [1.82, 2.24) is 19.7 Å². The molecular weight excluding hydrogens is 523 g/mol. The van der Waals surface area contributed by atoms with Crippen molar-refractivity contribution in [3.05, 3.63) is 77.1 Å². The molecule has 0 saturated carbocycles. The SMILES string of the molecule is Cn1cnnc1-c1ccc(C#N)cc1-c1cc(NCC2COC2)nc(N2Cc3c(cccc3C(F)(F)F)C2=O)c1. The number of anilines is 2. The minimum Gasteiger partial charge on any atom is -0.381 e. The molecule has 1 fully saturated rings. The number of pyridine rings is 1. The van der Waals surface area contributed by atoms with E-state index in [1.165, 1.54) is 17.0 Å². The average molecular weight is 546 g/mol. The Morgan fingerprint density at radius 2 is 1.95 bits per heavy atom. The highest BCUT2D eigenvalue weighted by Gasteiger charge is 2.40. The number of halogens is 3. The van der Waals surface area contributed by atoms with Crippen molar-refractivity contribution in [1.29, 1.82) is 5.26 Å². The van der Waals surface area contributed by atoms with E-state index in [1.807, 2.05) is 0 Å². The topological polar surface area (TPSA) is 109 Å². The smallest absolute Gasteiger partial charge is 0.381 e. The normalized spacial score (nSPS) is 15.1. The van der Waals surface area contributed by atoms with Crippen LogP contribution in [0, 0.1) is 17.2 Å². The monoisotopic (exact) mass is 545 g/mol. The molecule has 0 radical (unpaired) electrons. The first-order valence-electron chi connectivity index (χ1n) is 12.5. The Hall–Kier alpha value is -4.76. The van der Waals surface area contributed by atoms with Gasteiger partial charge in [-0.05, 0) is 59.2 Å². The van der Waals surface area contributed by atoms with Gasteiger partial charge < -0.3 is 14.6 Å². The quantitative estimate of drug-likeness (QED) is 0.376. The van der Waals surface area contributed by atoms with Crippen LogP contribution in [0.5, 0.6) is 0 Å². The van der Waals surface area contributed by atoms with E-state index >= 15 is 0 Å². The molecule has 2 aliphatic rings. The predicted octanol–water partition coefficient (Wildman–Crippen LogP) is 4.65. The summed E-state index contributed by atoms with van der Waals surface area (Å²) in [5.74, 6) is 0.898. The number of fused-ring (bicyclic) bond motifs is 1. The third kappa shape index (κ3) is 4.54. The fourth-order valence-corrected chi connectivity index (χ4v) is 4.91. The van der Waals surface area contributed by atoms with E-state index in [2.05, 4.69) is 26.6 Å². The number of amides is 1. The molecule has 0 unspecified atom stereocenters. The van der Waals surface area contributed by atoms with Crippen LogP contribution < -0.4 is 10.2 Å². The van der Waals surface area contributed by atoms with Gasteiger partial charge in [0.1, 0.15) is 18.0 Å². The van der Waals surface area contributed by atoms with Crippen LogP contribution in [0.15, 0.2) is 54.9 Å². The molecule has 2 aliphatic heterocycles. The first-order chi connectivity index (χ1) is 19.2. The Kier molecular flexibility index (Phi) is 6.23. The van der Waals surface area contributed by atoms with E-state index in [0.717, 1.165) is 6.07 Å². The Balaban J connectivity index is 1.47. The van der Waals surface area contributed by atoms with Crippen LogP contribution in [-0.4, -0.2) is 45.4 Å². The lowest BCUT2D eigenvalue weighted by atomic mass is 9.97. The summed E-state index contributed by atoms with van der Waals surface area (Å²) in [5, 5.41) is 21.1. The number of hydrogen-bond acceptors (Lipinski definition) is 7. The van der Waals surface area contributed by atoms with Crippen molar-refractivity contribution >= 4 is 17.5 Å². The van der Waals surface area contributed by atoms with E-state index < -0.39 is 17.6 Å². The van der Waals surface area contributed by atoms with Gasteiger partial charge in [-0.3, -0.25) is 9.69 Å². The van der Waals surface area contributed by atoms with Gasteiger partial charge in [-0.25, -0.2) is 4.98 Å². The van der Waals surface area contributed by atoms with Crippen LogP contribution >= 0.6 is 0 Å². The van der Waals surface area contributed by atoms with Crippen molar-refractivity contribution in [3.8, 4) is 28.6 Å². The zero-order valence-electron chi connectivity index (χ0n) is 21.2. The van der Waals surface area contributed by atoms with Gasteiger partial charge in [-0.15, -0.1) is 10.2 Å². The highest BCUT2D eigenvalue weighted by atomic mass is 19.4. The second-order valence-electron chi connectivity index (χ2n) is 9.74. The maximum atomic E-state index is 13.7. The van der Waals surface area contributed by atoms with Gasteiger partial charge in [0.25, 0.3) is 5.91 Å². The summed E-state index contributed by atoms with van der Waals surface area (Å²) in [6.07, 6.45) is -3.04. The minimum atomic E-state index is -4.60. The summed E-state index contributed by atoms with van der Waals surface area (Å²) >= 11 is 0. The minimum absolute atomic E-state index is 0.00518. The van der Waals surface area contributed by atoms with Crippen molar-refractivity contribution in [2.75, 3.05) is 30.0 Å². The van der Waals surface area contributed by atoms with Crippen LogP contribution in [0.25, 0.3) is 22.5 Å². The lowest BCUT2D eigenvalue weighted by Crippen LogP contribution is -2.33. The number of nitrogens with one attached hydrogen (secondary N) is 1.